The van der Waals surface area contributed by atoms with Gasteiger partial charge in [0.15, 0.2) is 17.3 Å². The molecule has 2 aliphatic heterocycles. The van der Waals surface area contributed by atoms with Gasteiger partial charge in [-0.05, 0) is 36.6 Å². The molecular formula is C25H23F2N7O2. The Morgan fingerprint density at radius 1 is 1.08 bits per heavy atom. The SMILES string of the molecule is CC1CN(C(=O)c2cc(N3CCC(n4c(=O)[nH]c5ncccc54)CC3)ncn2)c2cc(F)c(F)cc21. The zero-order chi connectivity index (χ0) is 25.0. The number of carbonyl (C=O) groups is 1. The Hall–Kier alpha value is -4.15. The Morgan fingerprint density at radius 2 is 1.86 bits per heavy atom. The molecule has 3 aromatic heterocycles. The first kappa shape index (κ1) is 22.3. The Kier molecular flexibility index (Phi) is 5.27. The van der Waals surface area contributed by atoms with Crippen molar-refractivity contribution in [2.24, 2.45) is 0 Å². The summed E-state index contributed by atoms with van der Waals surface area (Å²) >= 11 is 0. The lowest BCUT2D eigenvalue weighted by Gasteiger charge is -2.33. The molecule has 36 heavy (non-hydrogen) atoms. The summed E-state index contributed by atoms with van der Waals surface area (Å²) in [4.78, 5) is 44.9. The molecule has 0 spiro atoms. The number of aromatic amines is 1. The van der Waals surface area contributed by atoms with E-state index in [1.807, 2.05) is 19.1 Å². The second-order valence-electron chi connectivity index (χ2n) is 9.29. The minimum absolute atomic E-state index is 0.0209. The minimum atomic E-state index is -0.989. The van der Waals surface area contributed by atoms with Gasteiger partial charge in [0.25, 0.3) is 5.91 Å². The number of benzene rings is 1. The van der Waals surface area contributed by atoms with Gasteiger partial charge in [0.1, 0.15) is 17.8 Å². The van der Waals surface area contributed by atoms with E-state index in [9.17, 15) is 18.4 Å². The summed E-state index contributed by atoms with van der Waals surface area (Å²) in [7, 11) is 0. The van der Waals surface area contributed by atoms with Crippen molar-refractivity contribution in [2.75, 3.05) is 29.4 Å². The van der Waals surface area contributed by atoms with E-state index in [1.165, 1.54) is 11.2 Å². The van der Waals surface area contributed by atoms with Crippen molar-refractivity contribution < 1.29 is 13.6 Å². The van der Waals surface area contributed by atoms with E-state index >= 15 is 0 Å². The van der Waals surface area contributed by atoms with Crippen molar-refractivity contribution in [2.45, 2.75) is 31.7 Å². The fourth-order valence-corrected chi connectivity index (χ4v) is 5.29. The first-order chi connectivity index (χ1) is 17.4. The fourth-order valence-electron chi connectivity index (χ4n) is 5.29. The summed E-state index contributed by atoms with van der Waals surface area (Å²) < 4.78 is 29.4. The molecule has 1 saturated heterocycles. The molecule has 9 nitrogen and oxygen atoms in total. The molecule has 1 atom stereocenters. The molecule has 0 bridgehead atoms. The zero-order valence-electron chi connectivity index (χ0n) is 19.5. The Balaban J connectivity index is 1.21. The van der Waals surface area contributed by atoms with Crippen LogP contribution in [0.3, 0.4) is 0 Å². The monoisotopic (exact) mass is 491 g/mol. The Labute approximate surface area is 204 Å². The first-order valence-electron chi connectivity index (χ1n) is 11.8. The molecule has 0 saturated carbocycles. The molecule has 11 heteroatoms. The largest absolute Gasteiger partial charge is 0.356 e. The summed E-state index contributed by atoms with van der Waals surface area (Å²) in [6.45, 7) is 3.47. The molecule has 4 aromatic rings. The second-order valence-corrected chi connectivity index (χ2v) is 9.29. The highest BCUT2D eigenvalue weighted by Crippen LogP contribution is 2.38. The van der Waals surface area contributed by atoms with Crippen LogP contribution < -0.4 is 15.5 Å². The van der Waals surface area contributed by atoms with Gasteiger partial charge >= 0.3 is 5.69 Å². The average Bonchev–Trinajstić information content (AvgIpc) is 3.39. The van der Waals surface area contributed by atoms with E-state index in [2.05, 4.69) is 24.8 Å². The standard InChI is InChI=1S/C25H23F2N7O2/c1-14-12-33(21-10-18(27)17(26)9-16(14)21)24(35)19-11-22(30-13-29-19)32-7-4-15(5-8-32)34-20-3-2-6-28-23(20)31-25(34)36/h2-3,6,9-11,13-15H,4-5,7-8,12H2,1H3,(H,28,31,36). The van der Waals surface area contributed by atoms with Crippen molar-refractivity contribution in [3.63, 3.8) is 0 Å². The number of rotatable bonds is 3. The molecule has 2 aliphatic rings. The van der Waals surface area contributed by atoms with Gasteiger partial charge in [-0.2, -0.15) is 0 Å². The molecule has 0 radical (unpaired) electrons. The van der Waals surface area contributed by atoms with Gasteiger partial charge in [-0.1, -0.05) is 6.92 Å². The molecule has 1 amide bonds. The summed E-state index contributed by atoms with van der Waals surface area (Å²) in [6, 6.07) is 7.58. The van der Waals surface area contributed by atoms with Crippen LogP contribution in [0.2, 0.25) is 0 Å². The summed E-state index contributed by atoms with van der Waals surface area (Å²) in [6.07, 6.45) is 4.43. The number of nitrogens with zero attached hydrogens (tertiary/aromatic N) is 6. The van der Waals surface area contributed by atoms with Crippen molar-refractivity contribution in [1.29, 1.82) is 0 Å². The highest BCUT2D eigenvalue weighted by atomic mass is 19.2. The maximum atomic E-state index is 13.9. The quantitative estimate of drug-likeness (QED) is 0.472. The van der Waals surface area contributed by atoms with Gasteiger partial charge in [-0.25, -0.2) is 28.5 Å². The predicted octanol–water partition coefficient (Wildman–Crippen LogP) is 3.40. The minimum Gasteiger partial charge on any atom is -0.356 e. The van der Waals surface area contributed by atoms with Crippen LogP contribution in [0.15, 0.2) is 47.7 Å². The fraction of sp³-hybridized carbons (Fsp3) is 0.320. The van der Waals surface area contributed by atoms with Crippen molar-refractivity contribution >= 4 is 28.6 Å². The average molecular weight is 492 g/mol. The van der Waals surface area contributed by atoms with E-state index in [4.69, 9.17) is 0 Å². The molecule has 184 valence electrons. The molecule has 5 heterocycles. The maximum absolute atomic E-state index is 13.9. The topological polar surface area (TPSA) is 100 Å². The highest BCUT2D eigenvalue weighted by Gasteiger charge is 2.33. The highest BCUT2D eigenvalue weighted by molar-refractivity contribution is 6.06. The van der Waals surface area contributed by atoms with E-state index in [1.54, 1.807) is 16.8 Å². The number of imidazole rings is 1. The zero-order valence-corrected chi connectivity index (χ0v) is 19.5. The summed E-state index contributed by atoms with van der Waals surface area (Å²) in [5.41, 5.74) is 2.34. The number of halogens is 2. The van der Waals surface area contributed by atoms with Gasteiger partial charge in [0, 0.05) is 49.9 Å². The van der Waals surface area contributed by atoms with Crippen molar-refractivity contribution in [3.8, 4) is 0 Å². The lowest BCUT2D eigenvalue weighted by Crippen LogP contribution is -2.37. The van der Waals surface area contributed by atoms with Crippen LogP contribution in [0, 0.1) is 11.6 Å². The van der Waals surface area contributed by atoms with Gasteiger partial charge in [0.2, 0.25) is 0 Å². The predicted molar refractivity (Wildman–Crippen MR) is 129 cm³/mol. The van der Waals surface area contributed by atoms with Gasteiger partial charge < -0.3 is 9.80 Å². The number of hydrogen-bond donors (Lipinski definition) is 1. The van der Waals surface area contributed by atoms with Gasteiger partial charge in [0.05, 0.1) is 11.2 Å². The van der Waals surface area contributed by atoms with E-state index in [0.29, 0.717) is 42.4 Å². The molecule has 1 unspecified atom stereocenters. The number of aromatic nitrogens is 5. The number of hydrogen-bond acceptors (Lipinski definition) is 6. The van der Waals surface area contributed by atoms with E-state index < -0.39 is 11.6 Å². The normalized spacial score (nSPS) is 18.1. The molecule has 1 fully saturated rings. The summed E-state index contributed by atoms with van der Waals surface area (Å²) in [5.74, 6) is -1.81. The Morgan fingerprint density at radius 3 is 2.67 bits per heavy atom. The number of fused-ring (bicyclic) bond motifs is 2. The molecule has 1 N–H and O–H groups in total. The van der Waals surface area contributed by atoms with Crippen LogP contribution in [-0.4, -0.2) is 50.0 Å². The number of carbonyl (C=O) groups excluding carboxylic acids is 1. The van der Waals surface area contributed by atoms with Crippen LogP contribution >= 0.6 is 0 Å². The van der Waals surface area contributed by atoms with Crippen LogP contribution in [0.4, 0.5) is 20.3 Å². The number of amides is 1. The number of anilines is 2. The van der Waals surface area contributed by atoms with Crippen LogP contribution in [0.5, 0.6) is 0 Å². The number of H-pyrrole nitrogens is 1. The van der Waals surface area contributed by atoms with Crippen LogP contribution in [0.1, 0.15) is 47.8 Å². The van der Waals surface area contributed by atoms with E-state index in [0.717, 1.165) is 30.5 Å². The molecule has 1 aromatic carbocycles. The number of pyridine rings is 1. The third-order valence-electron chi connectivity index (χ3n) is 7.11. The Bertz CT molecular complexity index is 1540. The third-order valence-corrected chi connectivity index (χ3v) is 7.11. The number of piperidine rings is 1. The van der Waals surface area contributed by atoms with Gasteiger partial charge in [-0.3, -0.25) is 14.3 Å². The second kappa shape index (κ2) is 8.51. The number of nitrogens with one attached hydrogen (secondary N) is 1. The van der Waals surface area contributed by atoms with Gasteiger partial charge in [-0.15, -0.1) is 0 Å². The lowest BCUT2D eigenvalue weighted by molar-refractivity contribution is 0.0983. The third kappa shape index (κ3) is 3.62. The van der Waals surface area contributed by atoms with Crippen LogP contribution in [-0.2, 0) is 0 Å². The molecule has 6 rings (SSSR count). The first-order valence-corrected chi connectivity index (χ1v) is 11.8. The van der Waals surface area contributed by atoms with E-state index in [-0.39, 0.29) is 29.3 Å². The smallest absolute Gasteiger partial charge is 0.327 e. The maximum Gasteiger partial charge on any atom is 0.327 e. The summed E-state index contributed by atoms with van der Waals surface area (Å²) in [5, 5.41) is 0. The van der Waals surface area contributed by atoms with Crippen molar-refractivity contribution in [3.05, 3.63) is 76.2 Å². The van der Waals surface area contributed by atoms with Crippen LogP contribution in [0.25, 0.3) is 11.2 Å². The molecule has 0 aliphatic carbocycles. The van der Waals surface area contributed by atoms with Crippen molar-refractivity contribution in [1.82, 2.24) is 24.5 Å². The molecular weight excluding hydrogens is 468 g/mol. The lowest BCUT2D eigenvalue weighted by atomic mass is 10.0.